The lowest BCUT2D eigenvalue weighted by molar-refractivity contribution is -0.113. The van der Waals surface area contributed by atoms with Gasteiger partial charge in [-0.15, -0.1) is 11.3 Å². The second kappa shape index (κ2) is 8.41. The number of nitrogens with one attached hydrogen (secondary N) is 1. The highest BCUT2D eigenvalue weighted by Gasteiger charge is 2.21. The van der Waals surface area contributed by atoms with Gasteiger partial charge in [0.25, 0.3) is 0 Å². The monoisotopic (exact) mass is 456 g/mol. The lowest BCUT2D eigenvalue weighted by Gasteiger charge is -2.14. The van der Waals surface area contributed by atoms with Crippen molar-refractivity contribution in [3.63, 3.8) is 0 Å². The minimum absolute atomic E-state index is 0.102. The molecule has 0 saturated heterocycles. The van der Waals surface area contributed by atoms with Crippen molar-refractivity contribution in [1.82, 2.24) is 14.8 Å². The van der Waals surface area contributed by atoms with Gasteiger partial charge in [-0.05, 0) is 30.3 Å². The van der Waals surface area contributed by atoms with Crippen LogP contribution in [0.4, 0.5) is 5.82 Å². The van der Waals surface area contributed by atoms with Crippen molar-refractivity contribution in [2.45, 2.75) is 30.5 Å². The summed E-state index contributed by atoms with van der Waals surface area (Å²) < 4.78 is 3.68. The van der Waals surface area contributed by atoms with Crippen LogP contribution in [0.5, 0.6) is 0 Å². The second-order valence-electron chi connectivity index (χ2n) is 7.84. The standard InChI is InChI=1S/C22H21ClN4OS2/c1-22(2,3)18-12-19(27(26-18)15-7-5-4-6-8-15)25-20(28)13-29-21-24-16-11-14(23)9-10-17(16)30-21/h4-12H,13H2,1-3H3,(H,25,28). The molecule has 4 aromatic rings. The molecule has 1 N–H and O–H groups in total. The van der Waals surface area contributed by atoms with E-state index in [1.165, 1.54) is 11.8 Å². The van der Waals surface area contributed by atoms with Gasteiger partial charge in [0.05, 0.1) is 27.4 Å². The number of amides is 1. The first-order valence-electron chi connectivity index (χ1n) is 9.44. The number of carbonyl (C=O) groups excluding carboxylic acids is 1. The molecule has 0 spiro atoms. The highest BCUT2D eigenvalue weighted by molar-refractivity contribution is 8.01. The summed E-state index contributed by atoms with van der Waals surface area (Å²) >= 11 is 9.00. The molecule has 154 valence electrons. The third kappa shape index (κ3) is 4.69. The molecule has 0 aliphatic rings. The number of nitrogens with zero attached hydrogens (tertiary/aromatic N) is 3. The number of benzene rings is 2. The highest BCUT2D eigenvalue weighted by Crippen LogP contribution is 2.31. The Morgan fingerprint density at radius 3 is 2.67 bits per heavy atom. The molecule has 2 heterocycles. The number of carbonyl (C=O) groups is 1. The van der Waals surface area contributed by atoms with Gasteiger partial charge in [0, 0.05) is 16.5 Å². The van der Waals surface area contributed by atoms with Crippen LogP contribution in [-0.2, 0) is 10.2 Å². The van der Waals surface area contributed by atoms with Crippen LogP contribution in [0.3, 0.4) is 0 Å². The van der Waals surface area contributed by atoms with E-state index in [4.69, 9.17) is 16.7 Å². The Balaban J connectivity index is 1.51. The number of rotatable bonds is 5. The Hall–Kier alpha value is -2.35. The Morgan fingerprint density at radius 2 is 1.93 bits per heavy atom. The van der Waals surface area contributed by atoms with Gasteiger partial charge in [0.2, 0.25) is 5.91 Å². The maximum absolute atomic E-state index is 12.7. The smallest absolute Gasteiger partial charge is 0.235 e. The summed E-state index contributed by atoms with van der Waals surface area (Å²) in [6.45, 7) is 6.31. The van der Waals surface area contributed by atoms with Gasteiger partial charge in [-0.25, -0.2) is 9.67 Å². The minimum atomic E-state index is -0.128. The van der Waals surface area contributed by atoms with Crippen LogP contribution in [0.2, 0.25) is 5.02 Å². The average molecular weight is 457 g/mol. The van der Waals surface area contributed by atoms with Crippen LogP contribution in [-0.4, -0.2) is 26.4 Å². The molecule has 2 aromatic heterocycles. The van der Waals surface area contributed by atoms with Crippen molar-refractivity contribution < 1.29 is 4.79 Å². The zero-order chi connectivity index (χ0) is 21.3. The van der Waals surface area contributed by atoms with Gasteiger partial charge in [-0.1, -0.05) is 62.3 Å². The molecule has 0 aliphatic heterocycles. The first-order chi connectivity index (χ1) is 14.3. The number of anilines is 1. The number of halogens is 1. The fourth-order valence-electron chi connectivity index (χ4n) is 2.85. The fourth-order valence-corrected chi connectivity index (χ4v) is 4.87. The van der Waals surface area contributed by atoms with Crippen LogP contribution < -0.4 is 5.32 Å². The number of thiazole rings is 1. The molecule has 0 unspecified atom stereocenters. The third-order valence-corrected chi connectivity index (χ3v) is 6.82. The summed E-state index contributed by atoms with van der Waals surface area (Å²) in [4.78, 5) is 17.2. The quantitative estimate of drug-likeness (QED) is 0.365. The number of fused-ring (bicyclic) bond motifs is 1. The number of thioether (sulfide) groups is 1. The van der Waals surface area contributed by atoms with Gasteiger partial charge >= 0.3 is 0 Å². The van der Waals surface area contributed by atoms with Crippen LogP contribution in [0.1, 0.15) is 26.5 Å². The highest BCUT2D eigenvalue weighted by atomic mass is 35.5. The number of hydrogen-bond acceptors (Lipinski definition) is 5. The predicted octanol–water partition coefficient (Wildman–Crippen LogP) is 6.16. The molecule has 4 rings (SSSR count). The second-order valence-corrected chi connectivity index (χ2v) is 10.5. The molecule has 8 heteroatoms. The van der Waals surface area contributed by atoms with E-state index in [0.717, 1.165) is 25.9 Å². The van der Waals surface area contributed by atoms with E-state index in [9.17, 15) is 4.79 Å². The van der Waals surface area contributed by atoms with Crippen molar-refractivity contribution in [3.8, 4) is 5.69 Å². The fraction of sp³-hybridized carbons (Fsp3) is 0.227. The Bertz CT molecular complexity index is 1200. The summed E-state index contributed by atoms with van der Waals surface area (Å²) in [7, 11) is 0. The maximum Gasteiger partial charge on any atom is 0.235 e. The maximum atomic E-state index is 12.7. The first-order valence-corrected chi connectivity index (χ1v) is 11.6. The van der Waals surface area contributed by atoms with Gasteiger partial charge < -0.3 is 5.32 Å². The predicted molar refractivity (Wildman–Crippen MR) is 126 cm³/mol. The molecule has 0 aliphatic carbocycles. The Kier molecular flexibility index (Phi) is 5.86. The van der Waals surface area contributed by atoms with Crippen LogP contribution >= 0.6 is 34.7 Å². The molecule has 0 fully saturated rings. The zero-order valence-electron chi connectivity index (χ0n) is 16.8. The zero-order valence-corrected chi connectivity index (χ0v) is 19.2. The van der Waals surface area contributed by atoms with E-state index in [2.05, 4.69) is 31.1 Å². The lowest BCUT2D eigenvalue weighted by Crippen LogP contribution is -2.16. The lowest BCUT2D eigenvalue weighted by atomic mass is 9.92. The van der Waals surface area contributed by atoms with Crippen molar-refractivity contribution >= 4 is 56.6 Å². The Labute approximate surface area is 188 Å². The summed E-state index contributed by atoms with van der Waals surface area (Å²) in [6, 6.07) is 17.4. The van der Waals surface area contributed by atoms with Crippen LogP contribution in [0.15, 0.2) is 58.9 Å². The van der Waals surface area contributed by atoms with Crippen molar-refractivity contribution in [2.75, 3.05) is 11.1 Å². The van der Waals surface area contributed by atoms with E-state index in [1.54, 1.807) is 16.0 Å². The van der Waals surface area contributed by atoms with Crippen LogP contribution in [0, 0.1) is 0 Å². The summed E-state index contributed by atoms with van der Waals surface area (Å²) in [5, 5.41) is 8.40. The molecular weight excluding hydrogens is 436 g/mol. The molecule has 0 bridgehead atoms. The summed E-state index contributed by atoms with van der Waals surface area (Å²) in [6.07, 6.45) is 0. The molecule has 0 atom stereocenters. The average Bonchev–Trinajstić information content (AvgIpc) is 3.30. The van der Waals surface area contributed by atoms with E-state index in [-0.39, 0.29) is 17.1 Å². The topological polar surface area (TPSA) is 59.8 Å². The van der Waals surface area contributed by atoms with Crippen molar-refractivity contribution in [3.05, 3.63) is 65.3 Å². The molecule has 0 saturated carbocycles. The van der Waals surface area contributed by atoms with Crippen molar-refractivity contribution in [1.29, 1.82) is 0 Å². The van der Waals surface area contributed by atoms with Gasteiger partial charge in [-0.2, -0.15) is 5.10 Å². The van der Waals surface area contributed by atoms with E-state index in [1.807, 2.05) is 54.6 Å². The summed E-state index contributed by atoms with van der Waals surface area (Å²) in [5.74, 6) is 0.820. The third-order valence-electron chi connectivity index (χ3n) is 4.40. The molecular formula is C22H21ClN4OS2. The van der Waals surface area contributed by atoms with Gasteiger partial charge in [0.1, 0.15) is 5.82 Å². The molecule has 30 heavy (non-hydrogen) atoms. The molecule has 1 amide bonds. The molecule has 0 radical (unpaired) electrons. The van der Waals surface area contributed by atoms with E-state index >= 15 is 0 Å². The number of hydrogen-bond donors (Lipinski definition) is 1. The van der Waals surface area contributed by atoms with Gasteiger partial charge in [-0.3, -0.25) is 4.79 Å². The first kappa shape index (κ1) is 20.9. The summed E-state index contributed by atoms with van der Waals surface area (Å²) in [5.41, 5.74) is 2.54. The largest absolute Gasteiger partial charge is 0.310 e. The van der Waals surface area contributed by atoms with E-state index in [0.29, 0.717) is 10.8 Å². The number of para-hydroxylation sites is 1. The van der Waals surface area contributed by atoms with Crippen LogP contribution in [0.25, 0.3) is 15.9 Å². The normalized spacial score (nSPS) is 11.7. The number of aromatic nitrogens is 3. The van der Waals surface area contributed by atoms with Crippen molar-refractivity contribution in [2.24, 2.45) is 0 Å². The SMILES string of the molecule is CC(C)(C)c1cc(NC(=O)CSc2nc3cc(Cl)ccc3s2)n(-c2ccccc2)n1. The minimum Gasteiger partial charge on any atom is -0.310 e. The van der Waals surface area contributed by atoms with E-state index < -0.39 is 0 Å². The molecule has 2 aromatic carbocycles. The molecule has 5 nitrogen and oxygen atoms in total. The van der Waals surface area contributed by atoms with Gasteiger partial charge in [0.15, 0.2) is 4.34 Å². The Morgan fingerprint density at radius 1 is 1.17 bits per heavy atom.